The first kappa shape index (κ1) is 35.5. The lowest BCUT2D eigenvalue weighted by atomic mass is 9.81. The van der Waals surface area contributed by atoms with Crippen LogP contribution in [0.4, 0.5) is 0 Å². The Kier molecular flexibility index (Phi) is 9.94. The number of methoxy groups -OCH3 is 1. The van der Waals surface area contributed by atoms with Gasteiger partial charge < -0.3 is 19.5 Å². The van der Waals surface area contributed by atoms with Crippen molar-refractivity contribution in [1.82, 2.24) is 19.5 Å². The first-order chi connectivity index (χ1) is 23.2. The number of piperidine rings is 1. The van der Waals surface area contributed by atoms with Crippen LogP contribution in [0.15, 0.2) is 36.4 Å². The fourth-order valence-electron chi connectivity index (χ4n) is 8.44. The smallest absolute Gasteiger partial charge is 0.264 e. The minimum absolute atomic E-state index is 0.135. The average Bonchev–Trinajstić information content (AvgIpc) is 3.66. The molecule has 1 spiro atoms. The van der Waals surface area contributed by atoms with Gasteiger partial charge in [0.25, 0.3) is 5.91 Å². The van der Waals surface area contributed by atoms with E-state index in [-0.39, 0.29) is 17.0 Å². The van der Waals surface area contributed by atoms with Crippen LogP contribution in [0.3, 0.4) is 0 Å². The van der Waals surface area contributed by atoms with Crippen molar-refractivity contribution in [2.75, 3.05) is 26.7 Å². The van der Waals surface area contributed by atoms with E-state index in [0.29, 0.717) is 12.5 Å². The summed E-state index contributed by atoms with van der Waals surface area (Å²) in [5.74, 6) is 0.591. The molecular weight excluding hydrogens is 637 g/mol. The number of likely N-dealkylation sites (tertiary alicyclic amines) is 1. The highest BCUT2D eigenvalue weighted by Crippen LogP contribution is 2.46. The van der Waals surface area contributed by atoms with Crippen molar-refractivity contribution >= 4 is 32.7 Å². The Morgan fingerprint density at radius 2 is 1.73 bits per heavy atom. The van der Waals surface area contributed by atoms with Gasteiger partial charge in [-0.3, -0.25) is 9.59 Å². The number of ether oxygens (including phenoxy) is 1. The van der Waals surface area contributed by atoms with Gasteiger partial charge in [0.15, 0.2) is 0 Å². The second-order valence-corrected chi connectivity index (χ2v) is 17.8. The molecule has 0 atom stereocenters. The minimum Gasteiger partial charge on any atom is -0.497 e. The molecule has 6 rings (SSSR count). The number of sulfonamides is 1. The summed E-state index contributed by atoms with van der Waals surface area (Å²) in [6, 6.07) is 11.7. The Hall–Kier alpha value is -3.37. The van der Waals surface area contributed by atoms with Crippen molar-refractivity contribution in [3.8, 4) is 17.0 Å². The Bertz CT molecular complexity index is 1820. The summed E-state index contributed by atoms with van der Waals surface area (Å²) >= 11 is 0. The maximum Gasteiger partial charge on any atom is 0.264 e. The van der Waals surface area contributed by atoms with Gasteiger partial charge in [-0.1, -0.05) is 25.3 Å². The zero-order valence-corrected chi connectivity index (χ0v) is 31.0. The van der Waals surface area contributed by atoms with Crippen molar-refractivity contribution in [3.63, 3.8) is 0 Å². The van der Waals surface area contributed by atoms with E-state index < -0.39 is 26.6 Å². The van der Waals surface area contributed by atoms with Crippen molar-refractivity contribution in [3.05, 3.63) is 53.1 Å². The summed E-state index contributed by atoms with van der Waals surface area (Å²) in [7, 11) is -2.15. The molecule has 9 nitrogen and oxygen atoms in total. The number of rotatable bonds is 9. The van der Waals surface area contributed by atoms with Gasteiger partial charge in [-0.05, 0) is 127 Å². The van der Waals surface area contributed by atoms with Gasteiger partial charge in [-0.15, -0.1) is 0 Å². The average molecular weight is 691 g/mol. The van der Waals surface area contributed by atoms with Crippen LogP contribution >= 0.6 is 0 Å². The predicted octanol–water partition coefficient (Wildman–Crippen LogP) is 6.91. The van der Waals surface area contributed by atoms with Gasteiger partial charge in [-0.2, -0.15) is 0 Å². The van der Waals surface area contributed by atoms with Crippen LogP contribution < -0.4 is 14.8 Å². The van der Waals surface area contributed by atoms with Crippen molar-refractivity contribution in [1.29, 1.82) is 0 Å². The van der Waals surface area contributed by atoms with E-state index >= 15 is 0 Å². The monoisotopic (exact) mass is 690 g/mol. The first-order valence-electron chi connectivity index (χ1n) is 18.2. The third-order valence-electron chi connectivity index (χ3n) is 11.4. The molecule has 1 aromatic heterocycles. The SMILES string of the molecule is COc1ccc(-c2c(C3CCCCC3)c3ccc(C(=O)NS(=O)(=O)C(C)C)cc3n2CC(C)(C)C(=O)N2CCC3(CCCN3)CC2)c(C)c1. The highest BCUT2D eigenvalue weighted by atomic mass is 32.2. The standard InChI is InChI=1S/C39H54N4O5S/c1-26(2)49(46,47)41-36(44)29-13-15-32-33(24-29)43(25-38(4,5)37(45)42-21-18-39(19-22-42)17-10-20-40-39)35(34(32)28-11-8-7-9-12-28)31-16-14-30(48-6)23-27(31)3/h13-16,23-24,26,28,40H,7-12,17-22,25H2,1-6H3,(H,41,44). The number of nitrogens with one attached hydrogen (secondary N) is 2. The Labute approximate surface area is 292 Å². The van der Waals surface area contributed by atoms with Crippen molar-refractivity contribution < 1.29 is 22.7 Å². The molecule has 3 heterocycles. The van der Waals surface area contributed by atoms with Gasteiger partial charge in [0.2, 0.25) is 15.9 Å². The zero-order chi connectivity index (χ0) is 35.1. The lowest BCUT2D eigenvalue weighted by molar-refractivity contribution is -0.142. The van der Waals surface area contributed by atoms with Crippen LogP contribution in [0.5, 0.6) is 5.75 Å². The second-order valence-electron chi connectivity index (χ2n) is 15.6. The molecule has 2 aromatic carbocycles. The largest absolute Gasteiger partial charge is 0.497 e. The number of aromatic nitrogens is 1. The maximum absolute atomic E-state index is 14.4. The molecule has 10 heteroatoms. The molecule has 0 bridgehead atoms. The Balaban J connectivity index is 1.48. The quantitative estimate of drug-likeness (QED) is 0.253. The van der Waals surface area contributed by atoms with Gasteiger partial charge in [0.1, 0.15) is 5.75 Å². The molecule has 2 saturated heterocycles. The van der Waals surface area contributed by atoms with E-state index in [1.807, 2.05) is 36.9 Å². The van der Waals surface area contributed by atoms with Gasteiger partial charge >= 0.3 is 0 Å². The maximum atomic E-state index is 14.4. The second kappa shape index (κ2) is 13.7. The van der Waals surface area contributed by atoms with Gasteiger partial charge in [0, 0.05) is 47.2 Å². The number of hydrogen-bond acceptors (Lipinski definition) is 6. The van der Waals surface area contributed by atoms with Gasteiger partial charge in [0.05, 0.1) is 23.5 Å². The molecule has 0 radical (unpaired) electrons. The number of nitrogens with zero attached hydrogens (tertiary/aromatic N) is 2. The molecule has 3 aromatic rings. The molecular formula is C39H54N4O5S. The summed E-state index contributed by atoms with van der Waals surface area (Å²) in [4.78, 5) is 29.9. The summed E-state index contributed by atoms with van der Waals surface area (Å²) in [6.07, 6.45) is 9.99. The summed E-state index contributed by atoms with van der Waals surface area (Å²) < 4.78 is 35.5. The first-order valence-corrected chi connectivity index (χ1v) is 19.7. The fourth-order valence-corrected chi connectivity index (χ4v) is 9.05. The lowest BCUT2D eigenvalue weighted by Crippen LogP contribution is -2.54. The van der Waals surface area contributed by atoms with E-state index in [1.165, 1.54) is 24.8 Å². The van der Waals surface area contributed by atoms with Crippen LogP contribution in [0.25, 0.3) is 22.2 Å². The zero-order valence-electron chi connectivity index (χ0n) is 30.2. The summed E-state index contributed by atoms with van der Waals surface area (Å²) in [5, 5.41) is 4.02. The third-order valence-corrected chi connectivity index (χ3v) is 13.1. The summed E-state index contributed by atoms with van der Waals surface area (Å²) in [6.45, 7) is 12.2. The Morgan fingerprint density at radius 1 is 1.02 bits per heavy atom. The van der Waals surface area contributed by atoms with E-state index in [2.05, 4.69) is 33.7 Å². The van der Waals surface area contributed by atoms with E-state index in [9.17, 15) is 18.0 Å². The highest BCUT2D eigenvalue weighted by Gasteiger charge is 2.42. The molecule has 0 unspecified atom stereocenters. The predicted molar refractivity (Wildman–Crippen MR) is 196 cm³/mol. The molecule has 2 amide bonds. The number of aryl methyl sites for hydroxylation is 1. The van der Waals surface area contributed by atoms with Crippen LogP contribution in [-0.2, 0) is 21.4 Å². The topological polar surface area (TPSA) is 110 Å². The number of fused-ring (bicyclic) bond motifs is 1. The molecule has 2 aliphatic heterocycles. The van der Waals surface area contributed by atoms with E-state index in [1.54, 1.807) is 27.0 Å². The molecule has 1 aliphatic carbocycles. The minimum atomic E-state index is -3.82. The van der Waals surface area contributed by atoms with Crippen LogP contribution in [0.1, 0.15) is 113 Å². The summed E-state index contributed by atoms with van der Waals surface area (Å²) in [5.41, 5.74) is 5.00. The van der Waals surface area contributed by atoms with Gasteiger partial charge in [-0.25, -0.2) is 13.1 Å². The van der Waals surface area contributed by atoms with Crippen LogP contribution in [0.2, 0.25) is 0 Å². The molecule has 1 saturated carbocycles. The number of hydrogen-bond donors (Lipinski definition) is 2. The van der Waals surface area contributed by atoms with Crippen LogP contribution in [-0.4, -0.2) is 67.2 Å². The van der Waals surface area contributed by atoms with E-state index in [4.69, 9.17) is 4.74 Å². The van der Waals surface area contributed by atoms with E-state index in [0.717, 1.165) is 91.6 Å². The molecule has 2 N–H and O–H groups in total. The fraction of sp³-hybridized carbons (Fsp3) is 0.590. The highest BCUT2D eigenvalue weighted by molar-refractivity contribution is 7.90. The molecule has 3 aliphatic rings. The lowest BCUT2D eigenvalue weighted by Gasteiger charge is -2.42. The normalized spacial score (nSPS) is 18.8. The number of benzene rings is 2. The molecule has 266 valence electrons. The number of carbonyl (C=O) groups excluding carboxylic acids is 2. The van der Waals surface area contributed by atoms with Crippen molar-refractivity contribution in [2.24, 2.45) is 5.41 Å². The number of amides is 2. The Morgan fingerprint density at radius 3 is 2.35 bits per heavy atom. The number of carbonyl (C=O) groups is 2. The van der Waals surface area contributed by atoms with Crippen LogP contribution in [0, 0.1) is 12.3 Å². The molecule has 3 fully saturated rings. The molecule has 49 heavy (non-hydrogen) atoms. The third kappa shape index (κ3) is 7.00. The van der Waals surface area contributed by atoms with Crippen molar-refractivity contribution in [2.45, 2.75) is 116 Å².